The maximum absolute atomic E-state index is 11.8. The highest BCUT2D eigenvalue weighted by molar-refractivity contribution is 5.87. The Morgan fingerprint density at radius 3 is 2.22 bits per heavy atom. The lowest BCUT2D eigenvalue weighted by Crippen LogP contribution is -2.34. The van der Waals surface area contributed by atoms with E-state index in [1.54, 1.807) is 7.05 Å². The van der Waals surface area contributed by atoms with Crippen molar-refractivity contribution in [3.05, 3.63) is 29.8 Å². The summed E-state index contributed by atoms with van der Waals surface area (Å²) in [5.74, 6) is 0. The van der Waals surface area contributed by atoms with Crippen LogP contribution in [0.1, 0.15) is 40.2 Å². The molecule has 0 aromatic heterocycles. The Balaban J connectivity index is 0.00000137. The highest BCUT2D eigenvalue weighted by atomic mass is 16.6. The van der Waals surface area contributed by atoms with Gasteiger partial charge in [0.1, 0.15) is 5.60 Å². The number of aryl methyl sites for hydroxylation is 1. The van der Waals surface area contributed by atoms with Crippen molar-refractivity contribution in [1.29, 1.82) is 0 Å². The van der Waals surface area contributed by atoms with E-state index in [2.05, 4.69) is 0 Å². The Kier molecular flexibility index (Phi) is 6.45. The lowest BCUT2D eigenvalue weighted by molar-refractivity contribution is 0.0589. The summed E-state index contributed by atoms with van der Waals surface area (Å²) >= 11 is 0. The molecule has 0 radical (unpaired) electrons. The molecule has 0 saturated carbocycles. The molecule has 0 heterocycles. The second kappa shape index (κ2) is 7.04. The van der Waals surface area contributed by atoms with Crippen molar-refractivity contribution in [2.24, 2.45) is 0 Å². The van der Waals surface area contributed by atoms with Gasteiger partial charge in [0.25, 0.3) is 0 Å². The van der Waals surface area contributed by atoms with Crippen molar-refractivity contribution in [2.45, 2.75) is 47.1 Å². The summed E-state index contributed by atoms with van der Waals surface area (Å²) in [6.07, 6.45) is -0.335. The first-order valence-electron chi connectivity index (χ1n) is 6.33. The van der Waals surface area contributed by atoms with Crippen LogP contribution >= 0.6 is 0 Å². The molecule has 0 fully saturated rings. The van der Waals surface area contributed by atoms with E-state index in [4.69, 9.17) is 4.74 Å². The van der Waals surface area contributed by atoms with Crippen LogP contribution in [0.4, 0.5) is 10.5 Å². The number of rotatable bonds is 1. The first-order valence-corrected chi connectivity index (χ1v) is 6.33. The molecule has 0 bridgehead atoms. The van der Waals surface area contributed by atoms with Crippen molar-refractivity contribution in [3.8, 4) is 0 Å². The molecule has 1 aromatic rings. The van der Waals surface area contributed by atoms with Crippen molar-refractivity contribution in [1.82, 2.24) is 0 Å². The Morgan fingerprint density at radius 1 is 1.22 bits per heavy atom. The predicted molar refractivity (Wildman–Crippen MR) is 77.2 cm³/mol. The topological polar surface area (TPSA) is 29.5 Å². The lowest BCUT2D eigenvalue weighted by Gasteiger charge is -2.24. The molecule has 0 saturated heterocycles. The van der Waals surface area contributed by atoms with E-state index in [-0.39, 0.29) is 6.09 Å². The minimum absolute atomic E-state index is 0.335. The molecule has 1 rings (SSSR count). The van der Waals surface area contributed by atoms with Crippen LogP contribution in [0.25, 0.3) is 0 Å². The van der Waals surface area contributed by atoms with E-state index in [1.165, 1.54) is 4.90 Å². The molecule has 18 heavy (non-hydrogen) atoms. The van der Waals surface area contributed by atoms with Gasteiger partial charge < -0.3 is 4.74 Å². The minimum atomic E-state index is -0.463. The molecule has 0 unspecified atom stereocenters. The molecule has 3 nitrogen and oxygen atoms in total. The zero-order valence-corrected chi connectivity index (χ0v) is 12.6. The number of nitrogens with zero attached hydrogens (tertiary/aromatic N) is 1. The van der Waals surface area contributed by atoms with Gasteiger partial charge in [0, 0.05) is 12.7 Å². The predicted octanol–water partition coefficient (Wildman–Crippen LogP) is 4.39. The van der Waals surface area contributed by atoms with Gasteiger partial charge in [-0.15, -0.1) is 0 Å². The number of benzene rings is 1. The fourth-order valence-corrected chi connectivity index (χ4v) is 1.27. The van der Waals surface area contributed by atoms with Gasteiger partial charge >= 0.3 is 6.09 Å². The average Bonchev–Trinajstić information content (AvgIpc) is 2.28. The third-order valence-electron chi connectivity index (χ3n) is 2.06. The van der Waals surface area contributed by atoms with Gasteiger partial charge in [-0.05, 0) is 45.4 Å². The zero-order chi connectivity index (χ0) is 14.3. The van der Waals surface area contributed by atoms with Crippen LogP contribution in [0.15, 0.2) is 24.3 Å². The van der Waals surface area contributed by atoms with Gasteiger partial charge in [-0.2, -0.15) is 0 Å². The highest BCUT2D eigenvalue weighted by Gasteiger charge is 2.20. The first kappa shape index (κ1) is 16.5. The lowest BCUT2D eigenvalue weighted by atomic mass is 10.2. The molecule has 102 valence electrons. The van der Waals surface area contributed by atoms with Crippen LogP contribution < -0.4 is 4.90 Å². The monoisotopic (exact) mass is 251 g/mol. The second-order valence-corrected chi connectivity index (χ2v) is 4.88. The third kappa shape index (κ3) is 5.71. The quantitative estimate of drug-likeness (QED) is 0.740. The van der Waals surface area contributed by atoms with E-state index < -0.39 is 5.60 Å². The summed E-state index contributed by atoms with van der Waals surface area (Å²) in [4.78, 5) is 13.3. The van der Waals surface area contributed by atoms with E-state index in [1.807, 2.05) is 65.8 Å². The molecular formula is C15H25NO2. The van der Waals surface area contributed by atoms with Crippen LogP contribution in [0.2, 0.25) is 0 Å². The minimum Gasteiger partial charge on any atom is -0.443 e. The highest BCUT2D eigenvalue weighted by Crippen LogP contribution is 2.17. The van der Waals surface area contributed by atoms with E-state index >= 15 is 0 Å². The first-order chi connectivity index (χ1) is 8.29. The van der Waals surface area contributed by atoms with Crippen LogP contribution in [0, 0.1) is 6.92 Å². The number of anilines is 1. The van der Waals surface area contributed by atoms with Crippen LogP contribution in [-0.4, -0.2) is 18.7 Å². The Hall–Kier alpha value is -1.51. The Morgan fingerprint density at radius 2 is 1.78 bits per heavy atom. The summed E-state index contributed by atoms with van der Waals surface area (Å²) in [7, 11) is 1.71. The molecule has 0 atom stereocenters. The molecule has 3 heteroatoms. The number of hydrogen-bond donors (Lipinski definition) is 0. The maximum Gasteiger partial charge on any atom is 0.414 e. The average molecular weight is 251 g/mol. The van der Waals surface area contributed by atoms with E-state index in [0.717, 1.165) is 11.3 Å². The van der Waals surface area contributed by atoms with Crippen LogP contribution in [-0.2, 0) is 4.74 Å². The Bertz CT molecular complexity index is 380. The van der Waals surface area contributed by atoms with Crippen LogP contribution in [0.3, 0.4) is 0 Å². The fraction of sp³-hybridized carbons (Fsp3) is 0.533. The van der Waals surface area contributed by atoms with Gasteiger partial charge in [0.05, 0.1) is 0 Å². The van der Waals surface area contributed by atoms with Crippen molar-refractivity contribution < 1.29 is 9.53 Å². The van der Waals surface area contributed by atoms with Gasteiger partial charge in [-0.3, -0.25) is 4.90 Å². The Labute approximate surface area is 111 Å². The molecule has 1 aromatic carbocycles. The third-order valence-corrected chi connectivity index (χ3v) is 2.06. The molecule has 0 N–H and O–H groups in total. The largest absolute Gasteiger partial charge is 0.443 e. The molecular weight excluding hydrogens is 226 g/mol. The second-order valence-electron chi connectivity index (χ2n) is 4.88. The summed E-state index contributed by atoms with van der Waals surface area (Å²) in [6.45, 7) is 11.6. The summed E-state index contributed by atoms with van der Waals surface area (Å²) in [5, 5.41) is 0. The molecule has 0 aliphatic rings. The van der Waals surface area contributed by atoms with Gasteiger partial charge in [0.15, 0.2) is 0 Å². The standard InChI is InChI=1S/C13H19NO2.C2H6/c1-10-7-6-8-11(9-10)14(5)12(15)16-13(2,3)4;1-2/h6-9H,1-5H3;1-2H3. The number of carbonyl (C=O) groups is 1. The zero-order valence-electron chi connectivity index (χ0n) is 12.6. The number of amides is 1. The van der Waals surface area contributed by atoms with Crippen LogP contribution in [0.5, 0.6) is 0 Å². The van der Waals surface area contributed by atoms with Gasteiger partial charge in [0.2, 0.25) is 0 Å². The molecule has 0 aliphatic carbocycles. The van der Waals surface area contributed by atoms with E-state index in [9.17, 15) is 4.79 Å². The summed E-state index contributed by atoms with van der Waals surface area (Å²) in [6, 6.07) is 7.75. The molecule has 0 spiro atoms. The number of ether oxygens (including phenoxy) is 1. The smallest absolute Gasteiger partial charge is 0.414 e. The van der Waals surface area contributed by atoms with Gasteiger partial charge in [-0.25, -0.2) is 4.79 Å². The van der Waals surface area contributed by atoms with Crippen molar-refractivity contribution in [2.75, 3.05) is 11.9 Å². The maximum atomic E-state index is 11.8. The molecule has 1 amide bonds. The SMILES string of the molecule is CC.Cc1cccc(N(C)C(=O)OC(C)(C)C)c1. The van der Waals surface area contributed by atoms with E-state index in [0.29, 0.717) is 0 Å². The molecule has 0 aliphatic heterocycles. The van der Waals surface area contributed by atoms with Crippen molar-refractivity contribution >= 4 is 11.8 Å². The normalized spacial score (nSPS) is 10.2. The number of hydrogen-bond acceptors (Lipinski definition) is 2. The summed E-state index contributed by atoms with van der Waals surface area (Å²) < 4.78 is 5.28. The fourth-order valence-electron chi connectivity index (χ4n) is 1.27. The summed E-state index contributed by atoms with van der Waals surface area (Å²) in [5.41, 5.74) is 1.50. The number of carbonyl (C=O) groups excluding carboxylic acids is 1. The van der Waals surface area contributed by atoms with Gasteiger partial charge in [-0.1, -0.05) is 26.0 Å². The van der Waals surface area contributed by atoms with Crippen molar-refractivity contribution in [3.63, 3.8) is 0 Å².